The summed E-state index contributed by atoms with van der Waals surface area (Å²) in [7, 11) is 0. The van der Waals surface area contributed by atoms with Gasteiger partial charge in [0.1, 0.15) is 22.9 Å². The predicted octanol–water partition coefficient (Wildman–Crippen LogP) is 5.46. The summed E-state index contributed by atoms with van der Waals surface area (Å²) in [6.07, 6.45) is 2.72. The number of aryl methyl sites for hydroxylation is 1. The average molecular weight is 547 g/mol. The number of aromatic nitrogens is 5. The molecule has 1 fully saturated rings. The molecule has 11 heteroatoms. The van der Waals surface area contributed by atoms with Crippen LogP contribution in [0.5, 0.6) is 0 Å². The van der Waals surface area contributed by atoms with Crippen molar-refractivity contribution in [1.29, 1.82) is 5.26 Å². The number of likely N-dealkylation sites (tertiary alicyclic amines) is 1. The predicted molar refractivity (Wildman–Crippen MR) is 148 cm³/mol. The van der Waals surface area contributed by atoms with E-state index in [2.05, 4.69) is 43.1 Å². The Hall–Kier alpha value is -4.01. The molecule has 0 radical (unpaired) electrons. The molecule has 4 heterocycles. The number of rotatable bonds is 7. The Kier molecular flexibility index (Phi) is 7.49. The summed E-state index contributed by atoms with van der Waals surface area (Å²) < 4.78 is 31.7. The van der Waals surface area contributed by atoms with Gasteiger partial charge in [0, 0.05) is 23.4 Å². The summed E-state index contributed by atoms with van der Waals surface area (Å²) in [5, 5.41) is 23.9. The second kappa shape index (κ2) is 10.9. The van der Waals surface area contributed by atoms with Crippen molar-refractivity contribution in [2.75, 3.05) is 25.0 Å². The Bertz CT molecular complexity index is 1570. The highest BCUT2D eigenvalue weighted by Gasteiger charge is 2.42. The van der Waals surface area contributed by atoms with E-state index in [0.717, 1.165) is 25.8 Å². The van der Waals surface area contributed by atoms with Gasteiger partial charge in [-0.15, -0.1) is 0 Å². The zero-order chi connectivity index (χ0) is 28.6. The molecule has 0 amide bonds. The quantitative estimate of drug-likeness (QED) is 0.314. The molecule has 9 nitrogen and oxygen atoms in total. The number of halogens is 2. The third-order valence-electron chi connectivity index (χ3n) is 7.74. The van der Waals surface area contributed by atoms with E-state index in [0.29, 0.717) is 35.6 Å². The van der Waals surface area contributed by atoms with Crippen molar-refractivity contribution < 1.29 is 13.9 Å². The number of anilines is 2. The van der Waals surface area contributed by atoms with Gasteiger partial charge in [0.05, 0.1) is 29.3 Å². The van der Waals surface area contributed by atoms with E-state index in [1.54, 1.807) is 25.1 Å². The number of nitrogens with one attached hydrogen (secondary N) is 1. The van der Waals surface area contributed by atoms with Crippen molar-refractivity contribution in [3.63, 3.8) is 0 Å². The Morgan fingerprint density at radius 2 is 1.85 bits per heavy atom. The second-order valence-corrected chi connectivity index (χ2v) is 10.5. The van der Waals surface area contributed by atoms with Gasteiger partial charge < -0.3 is 19.9 Å². The molecule has 5 rings (SSSR count). The standard InChI is InChI=1S/C29H32F2N8O/c1-5-38-10-8-29(16-32,9-11-38)27(40)19-6-7-24(33-14-19)36-28-34-15-22(31)25(37-28)20-12-21(30)26-23(13-20)39(17(2)3)18(4)35-26/h6-7,12-15,17,27,40H,5,8-11H2,1-4H3,(H,33,34,36,37)/t27-/m1/s1. The Morgan fingerprint density at radius 3 is 2.48 bits per heavy atom. The number of benzene rings is 1. The Balaban J connectivity index is 1.39. The molecule has 3 aromatic heterocycles. The summed E-state index contributed by atoms with van der Waals surface area (Å²) in [4.78, 5) is 19.3. The first-order valence-electron chi connectivity index (χ1n) is 13.4. The molecule has 4 aromatic rings. The van der Waals surface area contributed by atoms with Gasteiger partial charge in [-0.25, -0.2) is 28.7 Å². The number of nitriles is 1. The van der Waals surface area contributed by atoms with Crippen molar-refractivity contribution in [2.24, 2.45) is 5.41 Å². The number of piperidine rings is 1. The summed E-state index contributed by atoms with van der Waals surface area (Å²) in [6.45, 7) is 10.3. The smallest absolute Gasteiger partial charge is 0.229 e. The minimum atomic E-state index is -0.973. The Labute approximate surface area is 231 Å². The van der Waals surface area contributed by atoms with Crippen LogP contribution in [0.25, 0.3) is 22.3 Å². The van der Waals surface area contributed by atoms with Crippen LogP contribution in [0.3, 0.4) is 0 Å². The molecule has 1 aromatic carbocycles. The lowest BCUT2D eigenvalue weighted by Gasteiger charge is -2.39. The SMILES string of the molecule is CCN1CCC(C#N)([C@H](O)c2ccc(Nc3ncc(F)c(-c4cc(F)c5nc(C)n(C(C)C)c5c4)n3)nc2)CC1. The molecule has 1 saturated heterocycles. The van der Waals surface area contributed by atoms with Gasteiger partial charge in [-0.05, 0) is 71.4 Å². The van der Waals surface area contributed by atoms with Gasteiger partial charge >= 0.3 is 0 Å². The van der Waals surface area contributed by atoms with Crippen LogP contribution in [0.1, 0.15) is 57.1 Å². The van der Waals surface area contributed by atoms with E-state index in [-0.39, 0.29) is 28.8 Å². The number of fused-ring (bicyclic) bond motifs is 1. The molecule has 2 N–H and O–H groups in total. The van der Waals surface area contributed by atoms with E-state index in [4.69, 9.17) is 0 Å². The van der Waals surface area contributed by atoms with Gasteiger partial charge in [0.15, 0.2) is 11.6 Å². The van der Waals surface area contributed by atoms with Crippen LogP contribution in [0, 0.1) is 35.3 Å². The summed E-state index contributed by atoms with van der Waals surface area (Å²) in [5.41, 5.74) is 0.659. The molecular formula is C29H32F2N8O. The van der Waals surface area contributed by atoms with Crippen LogP contribution < -0.4 is 5.32 Å². The molecule has 0 spiro atoms. The van der Waals surface area contributed by atoms with Crippen LogP contribution in [-0.4, -0.2) is 54.1 Å². The number of nitrogens with zero attached hydrogens (tertiary/aromatic N) is 7. The van der Waals surface area contributed by atoms with Gasteiger partial charge in [0.2, 0.25) is 5.95 Å². The number of aliphatic hydroxyl groups excluding tert-OH is 1. The molecule has 0 unspecified atom stereocenters. The molecule has 0 saturated carbocycles. The number of pyridine rings is 1. The van der Waals surface area contributed by atoms with Crippen molar-refractivity contribution in [3.05, 3.63) is 59.7 Å². The molecule has 0 aliphatic carbocycles. The molecule has 0 bridgehead atoms. The molecule has 1 aliphatic rings. The molecule has 40 heavy (non-hydrogen) atoms. The van der Waals surface area contributed by atoms with Crippen molar-refractivity contribution in [3.8, 4) is 17.3 Å². The zero-order valence-electron chi connectivity index (χ0n) is 23.0. The third kappa shape index (κ3) is 5.00. The summed E-state index contributed by atoms with van der Waals surface area (Å²) >= 11 is 0. The van der Waals surface area contributed by atoms with Crippen LogP contribution in [-0.2, 0) is 0 Å². The summed E-state index contributed by atoms with van der Waals surface area (Å²) in [5.74, 6) is -0.145. The van der Waals surface area contributed by atoms with E-state index in [9.17, 15) is 19.1 Å². The first-order chi connectivity index (χ1) is 19.2. The normalized spacial score (nSPS) is 16.3. The van der Waals surface area contributed by atoms with Gasteiger partial charge in [0.25, 0.3) is 0 Å². The van der Waals surface area contributed by atoms with Crippen molar-refractivity contribution >= 4 is 22.8 Å². The lowest BCUT2D eigenvalue weighted by molar-refractivity contribution is 0.0138. The summed E-state index contributed by atoms with van der Waals surface area (Å²) in [6, 6.07) is 8.64. The molecular weight excluding hydrogens is 514 g/mol. The second-order valence-electron chi connectivity index (χ2n) is 10.5. The van der Waals surface area contributed by atoms with Crippen LogP contribution in [0.4, 0.5) is 20.5 Å². The highest BCUT2D eigenvalue weighted by Crippen LogP contribution is 2.42. The van der Waals surface area contributed by atoms with E-state index in [1.165, 1.54) is 12.3 Å². The van der Waals surface area contributed by atoms with Gasteiger partial charge in [-0.1, -0.05) is 13.0 Å². The van der Waals surface area contributed by atoms with Gasteiger partial charge in [-0.2, -0.15) is 5.26 Å². The fourth-order valence-corrected chi connectivity index (χ4v) is 5.48. The number of aliphatic hydroxyl groups is 1. The largest absolute Gasteiger partial charge is 0.387 e. The van der Waals surface area contributed by atoms with E-state index < -0.39 is 23.2 Å². The minimum absolute atomic E-state index is 0.0341. The maximum Gasteiger partial charge on any atom is 0.229 e. The topological polar surface area (TPSA) is 116 Å². The maximum atomic E-state index is 15.0. The lowest BCUT2D eigenvalue weighted by atomic mass is 9.73. The molecule has 1 aliphatic heterocycles. The minimum Gasteiger partial charge on any atom is -0.387 e. The lowest BCUT2D eigenvalue weighted by Crippen LogP contribution is -2.42. The average Bonchev–Trinajstić information content (AvgIpc) is 3.30. The highest BCUT2D eigenvalue weighted by atomic mass is 19.1. The zero-order valence-corrected chi connectivity index (χ0v) is 23.0. The van der Waals surface area contributed by atoms with Crippen molar-refractivity contribution in [2.45, 2.75) is 52.7 Å². The number of hydrogen-bond donors (Lipinski definition) is 2. The van der Waals surface area contributed by atoms with Gasteiger partial charge in [-0.3, -0.25) is 0 Å². The molecule has 208 valence electrons. The fourth-order valence-electron chi connectivity index (χ4n) is 5.48. The first-order valence-corrected chi connectivity index (χ1v) is 13.4. The third-order valence-corrected chi connectivity index (χ3v) is 7.74. The Morgan fingerprint density at radius 1 is 1.10 bits per heavy atom. The van der Waals surface area contributed by atoms with Crippen LogP contribution in [0.15, 0.2) is 36.7 Å². The fraction of sp³-hybridized carbons (Fsp3) is 0.414. The first kappa shape index (κ1) is 27.6. The number of hydrogen-bond acceptors (Lipinski definition) is 8. The monoisotopic (exact) mass is 546 g/mol. The maximum absolute atomic E-state index is 15.0. The van der Waals surface area contributed by atoms with Crippen molar-refractivity contribution in [1.82, 2.24) is 29.4 Å². The molecule has 1 atom stereocenters. The van der Waals surface area contributed by atoms with E-state index >= 15 is 0 Å². The van der Waals surface area contributed by atoms with Crippen LogP contribution >= 0.6 is 0 Å². The highest BCUT2D eigenvalue weighted by molar-refractivity contribution is 5.83. The van der Waals surface area contributed by atoms with Crippen LogP contribution in [0.2, 0.25) is 0 Å². The van der Waals surface area contributed by atoms with E-state index in [1.807, 2.05) is 18.4 Å². The number of imidazole rings is 1.